The van der Waals surface area contributed by atoms with Crippen molar-refractivity contribution in [1.82, 2.24) is 0 Å². The molecule has 0 radical (unpaired) electrons. The van der Waals surface area contributed by atoms with Crippen LogP contribution in [-0.2, 0) is 16.0 Å². The molecule has 2 N–H and O–H groups in total. The first-order chi connectivity index (χ1) is 9.13. The number of nitrogens with one attached hydrogen (secondary N) is 2. The Morgan fingerprint density at radius 1 is 1.47 bits per heavy atom. The van der Waals surface area contributed by atoms with Gasteiger partial charge >= 0.3 is 0 Å². The van der Waals surface area contributed by atoms with Gasteiger partial charge in [-0.1, -0.05) is 0 Å². The second-order valence-electron chi connectivity index (χ2n) is 4.71. The maximum absolute atomic E-state index is 11.3. The highest BCUT2D eigenvalue weighted by molar-refractivity contribution is 6.00. The summed E-state index contributed by atoms with van der Waals surface area (Å²) in [6.45, 7) is 1.20. The number of ether oxygens (including phenoxy) is 1. The van der Waals surface area contributed by atoms with Crippen LogP contribution in [0.5, 0.6) is 0 Å². The van der Waals surface area contributed by atoms with Crippen LogP contribution >= 0.6 is 0 Å². The Labute approximate surface area is 109 Å². The lowest BCUT2D eigenvalue weighted by Crippen LogP contribution is -2.19. The van der Waals surface area contributed by atoms with E-state index in [2.05, 4.69) is 10.6 Å². The van der Waals surface area contributed by atoms with Crippen molar-refractivity contribution in [1.29, 1.82) is 0 Å². The molecule has 2 aliphatic heterocycles. The molecule has 0 saturated carbocycles. The molecular weight excluding hydrogens is 250 g/mol. The van der Waals surface area contributed by atoms with Crippen molar-refractivity contribution in [2.24, 2.45) is 0 Å². The van der Waals surface area contributed by atoms with Gasteiger partial charge in [-0.3, -0.25) is 14.9 Å². The number of amides is 1. The molecule has 19 heavy (non-hydrogen) atoms. The summed E-state index contributed by atoms with van der Waals surface area (Å²) in [5.41, 5.74) is 1.76. The number of fused-ring (bicyclic) bond motifs is 1. The van der Waals surface area contributed by atoms with Crippen LogP contribution in [0.1, 0.15) is 12.0 Å². The summed E-state index contributed by atoms with van der Waals surface area (Å²) in [6.07, 6.45) is 1.02. The van der Waals surface area contributed by atoms with Crippen LogP contribution in [0.4, 0.5) is 17.1 Å². The average molecular weight is 263 g/mol. The van der Waals surface area contributed by atoms with Crippen molar-refractivity contribution in [3.8, 4) is 0 Å². The maximum atomic E-state index is 11.3. The highest BCUT2D eigenvalue weighted by Crippen LogP contribution is 2.35. The molecule has 2 heterocycles. The zero-order valence-corrected chi connectivity index (χ0v) is 10.1. The third kappa shape index (κ3) is 2.24. The number of nitro groups is 1. The highest BCUT2D eigenvalue weighted by atomic mass is 16.6. The molecule has 1 aromatic rings. The summed E-state index contributed by atoms with van der Waals surface area (Å²) in [4.78, 5) is 22.0. The number of nitrogens with zero attached hydrogens (tertiary/aromatic N) is 1. The summed E-state index contributed by atoms with van der Waals surface area (Å²) >= 11 is 0. The maximum Gasteiger partial charge on any atom is 0.292 e. The van der Waals surface area contributed by atoms with Gasteiger partial charge in [-0.2, -0.15) is 0 Å². The first-order valence-corrected chi connectivity index (χ1v) is 6.09. The topological polar surface area (TPSA) is 93.5 Å². The van der Waals surface area contributed by atoms with E-state index in [1.54, 1.807) is 6.07 Å². The molecule has 0 bridgehead atoms. The molecule has 1 atom stereocenters. The van der Waals surface area contributed by atoms with Crippen molar-refractivity contribution in [2.75, 3.05) is 23.8 Å². The number of carbonyl (C=O) groups is 1. The lowest BCUT2D eigenvalue weighted by atomic mass is 10.1. The van der Waals surface area contributed by atoms with Crippen molar-refractivity contribution in [3.05, 3.63) is 27.8 Å². The van der Waals surface area contributed by atoms with Crippen molar-refractivity contribution >= 4 is 23.0 Å². The highest BCUT2D eigenvalue weighted by Gasteiger charge is 2.26. The smallest absolute Gasteiger partial charge is 0.292 e. The van der Waals surface area contributed by atoms with Gasteiger partial charge in [0.1, 0.15) is 5.69 Å². The fraction of sp³-hybridized carbons (Fsp3) is 0.417. The van der Waals surface area contributed by atoms with E-state index >= 15 is 0 Å². The Morgan fingerprint density at radius 2 is 2.32 bits per heavy atom. The number of nitro benzene ring substituents is 1. The minimum atomic E-state index is -0.429. The Morgan fingerprint density at radius 3 is 3.00 bits per heavy atom. The van der Waals surface area contributed by atoms with Crippen molar-refractivity contribution in [2.45, 2.75) is 18.9 Å². The number of benzene rings is 1. The Hall–Kier alpha value is -2.15. The second-order valence-corrected chi connectivity index (χ2v) is 4.71. The molecule has 1 saturated heterocycles. The van der Waals surface area contributed by atoms with Crippen LogP contribution in [0.15, 0.2) is 12.1 Å². The summed E-state index contributed by atoms with van der Waals surface area (Å²) in [5.74, 6) is -0.134. The van der Waals surface area contributed by atoms with Gasteiger partial charge in [0.2, 0.25) is 5.91 Å². The van der Waals surface area contributed by atoms with E-state index in [0.717, 1.165) is 6.42 Å². The molecule has 1 unspecified atom stereocenters. The molecule has 1 fully saturated rings. The number of hydrogen-bond donors (Lipinski definition) is 2. The van der Waals surface area contributed by atoms with E-state index in [0.29, 0.717) is 30.2 Å². The zero-order valence-electron chi connectivity index (χ0n) is 10.1. The molecule has 2 aliphatic rings. The van der Waals surface area contributed by atoms with Gasteiger partial charge in [0.05, 0.1) is 24.0 Å². The molecule has 0 spiro atoms. The molecular formula is C12H13N3O4. The van der Waals surface area contributed by atoms with Crippen LogP contribution in [0, 0.1) is 10.1 Å². The molecule has 0 aliphatic carbocycles. The largest absolute Gasteiger partial charge is 0.379 e. The van der Waals surface area contributed by atoms with E-state index in [9.17, 15) is 14.9 Å². The first kappa shape index (κ1) is 11.9. The van der Waals surface area contributed by atoms with Crippen molar-refractivity contribution in [3.63, 3.8) is 0 Å². The molecule has 3 rings (SSSR count). The third-order valence-electron chi connectivity index (χ3n) is 3.33. The van der Waals surface area contributed by atoms with Gasteiger partial charge < -0.3 is 15.4 Å². The number of anilines is 2. The number of carbonyl (C=O) groups excluding carboxylic acids is 1. The number of rotatable bonds is 3. The number of hydrogen-bond acceptors (Lipinski definition) is 5. The Kier molecular flexibility index (Phi) is 2.83. The fourth-order valence-electron chi connectivity index (χ4n) is 2.40. The Bertz CT molecular complexity index is 552. The molecule has 7 nitrogen and oxygen atoms in total. The molecule has 0 aromatic heterocycles. The van der Waals surface area contributed by atoms with Gasteiger partial charge in [-0.05, 0) is 18.1 Å². The predicted octanol–water partition coefficient (Wildman–Crippen LogP) is 1.29. The summed E-state index contributed by atoms with van der Waals surface area (Å²) in [7, 11) is 0. The standard InChI is InChI=1S/C12H13N3O4/c16-12-4-7-3-11(15(17)18)10(5-9(7)14-12)13-8-1-2-19-6-8/h3,5,8,13H,1-2,4,6H2,(H,14,16). The normalized spacial score (nSPS) is 21.1. The lowest BCUT2D eigenvalue weighted by molar-refractivity contribution is -0.384. The molecule has 1 amide bonds. The van der Waals surface area contributed by atoms with Crippen molar-refractivity contribution < 1.29 is 14.5 Å². The minimum absolute atomic E-state index is 0.00199. The first-order valence-electron chi connectivity index (χ1n) is 6.09. The summed E-state index contributed by atoms with van der Waals surface area (Å²) in [5, 5.41) is 16.9. The van der Waals surface area contributed by atoms with E-state index in [4.69, 9.17) is 4.74 Å². The fourth-order valence-corrected chi connectivity index (χ4v) is 2.40. The van der Waals surface area contributed by atoms with E-state index in [-0.39, 0.29) is 24.1 Å². The monoisotopic (exact) mass is 263 g/mol. The molecule has 1 aromatic carbocycles. The second kappa shape index (κ2) is 4.51. The van der Waals surface area contributed by atoms with Gasteiger partial charge in [0.25, 0.3) is 5.69 Å². The van der Waals surface area contributed by atoms with Crippen LogP contribution < -0.4 is 10.6 Å². The van der Waals surface area contributed by atoms with Crippen LogP contribution in [0.25, 0.3) is 0 Å². The van der Waals surface area contributed by atoms with E-state index in [1.165, 1.54) is 6.07 Å². The van der Waals surface area contributed by atoms with Gasteiger partial charge in [0, 0.05) is 18.4 Å². The lowest BCUT2D eigenvalue weighted by Gasteiger charge is -2.13. The molecule has 100 valence electrons. The average Bonchev–Trinajstić information content (AvgIpc) is 2.95. The zero-order chi connectivity index (χ0) is 13.4. The summed E-state index contributed by atoms with van der Waals surface area (Å²) in [6, 6.07) is 3.18. The van der Waals surface area contributed by atoms with E-state index < -0.39 is 4.92 Å². The third-order valence-corrected chi connectivity index (χ3v) is 3.33. The van der Waals surface area contributed by atoms with Gasteiger partial charge in [-0.25, -0.2) is 0 Å². The molecule has 7 heteroatoms. The van der Waals surface area contributed by atoms with Crippen LogP contribution in [0.2, 0.25) is 0 Å². The SMILES string of the molecule is O=C1Cc2cc([N+](=O)[O-])c(NC3CCOC3)cc2N1. The summed E-state index contributed by atoms with van der Waals surface area (Å²) < 4.78 is 5.24. The van der Waals surface area contributed by atoms with Crippen LogP contribution in [-0.4, -0.2) is 30.1 Å². The van der Waals surface area contributed by atoms with Crippen LogP contribution in [0.3, 0.4) is 0 Å². The van der Waals surface area contributed by atoms with Gasteiger partial charge in [-0.15, -0.1) is 0 Å². The van der Waals surface area contributed by atoms with E-state index in [1.807, 2.05) is 0 Å². The Balaban J connectivity index is 1.94. The quantitative estimate of drug-likeness (QED) is 0.633. The van der Waals surface area contributed by atoms with Gasteiger partial charge in [0.15, 0.2) is 0 Å². The predicted molar refractivity (Wildman–Crippen MR) is 68.3 cm³/mol. The minimum Gasteiger partial charge on any atom is -0.379 e.